The summed E-state index contributed by atoms with van der Waals surface area (Å²) in [4.78, 5) is 13.1. The molecule has 3 nitrogen and oxygen atoms in total. The molecule has 0 fully saturated rings. The molecule has 0 aliphatic carbocycles. The fourth-order valence-corrected chi connectivity index (χ4v) is 0.656. The van der Waals surface area contributed by atoms with Crippen molar-refractivity contribution in [3.63, 3.8) is 0 Å². The van der Waals surface area contributed by atoms with Gasteiger partial charge in [-0.15, -0.1) is 0 Å². The number of carbonyl (C=O) groups is 1. The quantitative estimate of drug-likeness (QED) is 0.703. The molecule has 3 heteroatoms. The maximum absolute atomic E-state index is 11.4. The molecule has 0 aromatic heterocycles. The molecule has 0 saturated heterocycles. The smallest absolute Gasteiger partial charge is 0.317 e. The van der Waals surface area contributed by atoms with Crippen LogP contribution in [0.1, 0.15) is 34.6 Å². The first-order valence-electron chi connectivity index (χ1n) is 4.80. The summed E-state index contributed by atoms with van der Waals surface area (Å²) in [5.74, 6) is 0. The van der Waals surface area contributed by atoms with Gasteiger partial charge in [-0.25, -0.2) is 4.79 Å². The van der Waals surface area contributed by atoms with Crippen molar-refractivity contribution in [1.82, 2.24) is 10.2 Å². The van der Waals surface area contributed by atoms with E-state index in [9.17, 15) is 4.79 Å². The highest BCUT2D eigenvalue weighted by atomic mass is 16.2. The van der Waals surface area contributed by atoms with Crippen LogP contribution in [-0.4, -0.2) is 30.6 Å². The Balaban J connectivity index is 4.07. The molecule has 1 atom stereocenters. The fourth-order valence-electron chi connectivity index (χ4n) is 0.656. The summed E-state index contributed by atoms with van der Waals surface area (Å²) in [6.45, 7) is 11.1. The zero-order valence-corrected chi connectivity index (χ0v) is 9.64. The van der Waals surface area contributed by atoms with Gasteiger partial charge < -0.3 is 10.2 Å². The standard InChI is InChI=1S/C10H22N2O/c1-7-12(6)9(13)11-8(2)10(3,4)5/h8H,7H2,1-6H3,(H,11,13). The molecular formula is C10H22N2O. The van der Waals surface area contributed by atoms with Gasteiger partial charge in [-0.1, -0.05) is 20.8 Å². The predicted molar refractivity (Wildman–Crippen MR) is 55.8 cm³/mol. The van der Waals surface area contributed by atoms with Gasteiger partial charge in [0.1, 0.15) is 0 Å². The van der Waals surface area contributed by atoms with E-state index in [-0.39, 0.29) is 17.5 Å². The molecule has 1 unspecified atom stereocenters. The van der Waals surface area contributed by atoms with Crippen LogP contribution >= 0.6 is 0 Å². The molecular weight excluding hydrogens is 164 g/mol. The summed E-state index contributed by atoms with van der Waals surface area (Å²) in [5, 5.41) is 2.96. The summed E-state index contributed by atoms with van der Waals surface area (Å²) in [6, 6.07) is 0.193. The van der Waals surface area contributed by atoms with Gasteiger partial charge in [-0.3, -0.25) is 0 Å². The summed E-state index contributed by atoms with van der Waals surface area (Å²) >= 11 is 0. The van der Waals surface area contributed by atoms with E-state index in [0.717, 1.165) is 6.54 Å². The highest BCUT2D eigenvalue weighted by Gasteiger charge is 2.22. The highest BCUT2D eigenvalue weighted by molar-refractivity contribution is 5.74. The molecule has 0 aromatic rings. The number of nitrogens with zero attached hydrogens (tertiary/aromatic N) is 1. The average Bonchev–Trinajstić information content (AvgIpc) is 2.01. The van der Waals surface area contributed by atoms with Crippen molar-refractivity contribution in [1.29, 1.82) is 0 Å². The van der Waals surface area contributed by atoms with Crippen LogP contribution < -0.4 is 5.32 Å². The number of urea groups is 1. The molecule has 13 heavy (non-hydrogen) atoms. The number of carbonyl (C=O) groups excluding carboxylic acids is 1. The second-order valence-electron chi connectivity index (χ2n) is 4.55. The van der Waals surface area contributed by atoms with E-state index in [1.807, 2.05) is 13.8 Å². The Morgan fingerprint density at radius 3 is 2.23 bits per heavy atom. The zero-order valence-electron chi connectivity index (χ0n) is 9.64. The monoisotopic (exact) mass is 186 g/mol. The molecule has 0 spiro atoms. The Morgan fingerprint density at radius 2 is 1.92 bits per heavy atom. The Morgan fingerprint density at radius 1 is 1.46 bits per heavy atom. The Labute approximate surface area is 81.5 Å². The van der Waals surface area contributed by atoms with Crippen molar-refractivity contribution in [3.8, 4) is 0 Å². The van der Waals surface area contributed by atoms with Crippen LogP contribution in [0.2, 0.25) is 0 Å². The van der Waals surface area contributed by atoms with Gasteiger partial charge in [0.2, 0.25) is 0 Å². The third kappa shape index (κ3) is 4.15. The zero-order chi connectivity index (χ0) is 10.6. The predicted octanol–water partition coefficient (Wildman–Crippen LogP) is 2.08. The number of rotatable bonds is 2. The number of hydrogen-bond acceptors (Lipinski definition) is 1. The van der Waals surface area contributed by atoms with Gasteiger partial charge in [0.15, 0.2) is 0 Å². The van der Waals surface area contributed by atoms with Crippen molar-refractivity contribution in [3.05, 3.63) is 0 Å². The maximum atomic E-state index is 11.4. The Bertz CT molecular complexity index is 172. The molecule has 0 saturated carbocycles. The highest BCUT2D eigenvalue weighted by Crippen LogP contribution is 2.18. The average molecular weight is 186 g/mol. The lowest BCUT2D eigenvalue weighted by molar-refractivity contribution is 0.194. The normalized spacial score (nSPS) is 13.7. The summed E-state index contributed by atoms with van der Waals surface area (Å²) in [7, 11) is 1.80. The minimum absolute atomic E-state index is 0.00456. The minimum atomic E-state index is 0.00456. The maximum Gasteiger partial charge on any atom is 0.317 e. The van der Waals surface area contributed by atoms with E-state index in [2.05, 4.69) is 26.1 Å². The lowest BCUT2D eigenvalue weighted by Crippen LogP contribution is -2.46. The fraction of sp³-hybridized carbons (Fsp3) is 0.900. The van der Waals surface area contributed by atoms with Gasteiger partial charge in [-0.2, -0.15) is 0 Å². The second kappa shape index (κ2) is 4.49. The number of hydrogen-bond donors (Lipinski definition) is 1. The van der Waals surface area contributed by atoms with Crippen LogP contribution in [0.3, 0.4) is 0 Å². The lowest BCUT2D eigenvalue weighted by Gasteiger charge is -2.29. The summed E-state index contributed by atoms with van der Waals surface area (Å²) in [6.07, 6.45) is 0. The molecule has 0 bridgehead atoms. The molecule has 1 N–H and O–H groups in total. The van der Waals surface area contributed by atoms with Gasteiger partial charge in [-0.05, 0) is 19.3 Å². The van der Waals surface area contributed by atoms with Crippen molar-refractivity contribution < 1.29 is 4.79 Å². The van der Waals surface area contributed by atoms with Crippen LogP contribution in [0, 0.1) is 5.41 Å². The van der Waals surface area contributed by atoms with Crippen LogP contribution in [0.25, 0.3) is 0 Å². The second-order valence-corrected chi connectivity index (χ2v) is 4.55. The first-order valence-corrected chi connectivity index (χ1v) is 4.80. The van der Waals surface area contributed by atoms with Crippen LogP contribution in [0.4, 0.5) is 4.79 Å². The molecule has 0 aliphatic rings. The van der Waals surface area contributed by atoms with Gasteiger partial charge in [0, 0.05) is 19.6 Å². The van der Waals surface area contributed by atoms with Crippen LogP contribution in [-0.2, 0) is 0 Å². The van der Waals surface area contributed by atoms with Crippen molar-refractivity contribution >= 4 is 6.03 Å². The third-order valence-corrected chi connectivity index (χ3v) is 2.46. The number of nitrogens with one attached hydrogen (secondary N) is 1. The van der Waals surface area contributed by atoms with Crippen LogP contribution in [0.5, 0.6) is 0 Å². The summed E-state index contributed by atoms with van der Waals surface area (Å²) in [5.41, 5.74) is 0.115. The SMILES string of the molecule is CCN(C)C(=O)NC(C)C(C)(C)C. The molecule has 0 rings (SSSR count). The summed E-state index contributed by atoms with van der Waals surface area (Å²) < 4.78 is 0. The molecule has 0 heterocycles. The largest absolute Gasteiger partial charge is 0.335 e. The van der Waals surface area contributed by atoms with E-state index in [1.54, 1.807) is 11.9 Å². The van der Waals surface area contributed by atoms with E-state index in [4.69, 9.17) is 0 Å². The third-order valence-electron chi connectivity index (χ3n) is 2.46. The minimum Gasteiger partial charge on any atom is -0.335 e. The van der Waals surface area contributed by atoms with Gasteiger partial charge >= 0.3 is 6.03 Å². The van der Waals surface area contributed by atoms with Gasteiger partial charge in [0.05, 0.1) is 0 Å². The van der Waals surface area contributed by atoms with E-state index < -0.39 is 0 Å². The Kier molecular flexibility index (Phi) is 4.24. The van der Waals surface area contributed by atoms with Gasteiger partial charge in [0.25, 0.3) is 0 Å². The lowest BCUT2D eigenvalue weighted by atomic mass is 9.88. The van der Waals surface area contributed by atoms with Crippen molar-refractivity contribution in [2.24, 2.45) is 5.41 Å². The van der Waals surface area contributed by atoms with E-state index in [0.29, 0.717) is 0 Å². The first-order chi connectivity index (χ1) is 5.79. The molecule has 78 valence electrons. The topological polar surface area (TPSA) is 32.3 Å². The van der Waals surface area contributed by atoms with Crippen molar-refractivity contribution in [2.75, 3.05) is 13.6 Å². The van der Waals surface area contributed by atoms with Crippen molar-refractivity contribution in [2.45, 2.75) is 40.7 Å². The molecule has 0 aromatic carbocycles. The van der Waals surface area contributed by atoms with E-state index in [1.165, 1.54) is 0 Å². The van der Waals surface area contributed by atoms with Crippen LogP contribution in [0.15, 0.2) is 0 Å². The number of amides is 2. The molecule has 2 amide bonds. The van der Waals surface area contributed by atoms with E-state index >= 15 is 0 Å². The molecule has 0 radical (unpaired) electrons. The Hall–Kier alpha value is -0.730. The molecule has 0 aliphatic heterocycles. The first kappa shape index (κ1) is 12.3.